The quantitative estimate of drug-likeness (QED) is 0.438. The topological polar surface area (TPSA) is 59.0 Å². The van der Waals surface area contributed by atoms with Crippen molar-refractivity contribution in [1.82, 2.24) is 15.7 Å². The molecule has 0 aromatic heterocycles. The van der Waals surface area contributed by atoms with E-state index < -0.39 is 0 Å². The minimum absolute atomic E-state index is 0.365. The lowest BCUT2D eigenvalue weighted by atomic mass is 10.6. The molecule has 0 saturated heterocycles. The summed E-state index contributed by atoms with van der Waals surface area (Å²) < 4.78 is 0. The van der Waals surface area contributed by atoms with Gasteiger partial charge in [0.2, 0.25) is 0 Å². The van der Waals surface area contributed by atoms with Gasteiger partial charge in [-0.3, -0.25) is 10.4 Å². The van der Waals surface area contributed by atoms with E-state index in [1.165, 1.54) is 0 Å². The molecule has 0 saturated carbocycles. The molecule has 0 rings (SSSR count). The Hall–Kier alpha value is -0.200. The fraction of sp³-hybridized carbons (Fsp3) is 1.00. The number of nitrogens with zero attached hydrogens (tertiary/aromatic N) is 2. The summed E-state index contributed by atoms with van der Waals surface area (Å²) in [6.07, 6.45) is 0. The zero-order valence-electron chi connectivity index (χ0n) is 5.70. The molecule has 0 aliphatic heterocycles. The van der Waals surface area contributed by atoms with Gasteiger partial charge in [-0.15, -0.1) is 10.8 Å². The normalized spacial score (nSPS) is 11.3. The standard InChI is InChI=1S/C4H13N3O2/c1-6(2)3-4-7(9)5-8/h5,8-9H,3-4H2,1-2H3. The molecule has 0 aromatic rings. The number of likely N-dealkylation sites (N-methyl/N-ethyl adjacent to an activating group) is 1. The lowest BCUT2D eigenvalue weighted by Crippen LogP contribution is -2.37. The average molecular weight is 135 g/mol. The first-order valence-electron chi connectivity index (χ1n) is 2.67. The first-order valence-corrected chi connectivity index (χ1v) is 2.67. The third-order valence-electron chi connectivity index (χ3n) is 0.874. The SMILES string of the molecule is CN(C)CCN(O)NO. The van der Waals surface area contributed by atoms with Gasteiger partial charge in [-0.05, 0) is 14.1 Å². The molecule has 56 valence electrons. The highest BCUT2D eigenvalue weighted by molar-refractivity contribution is 4.41. The Morgan fingerprint density at radius 3 is 2.22 bits per heavy atom. The van der Waals surface area contributed by atoms with E-state index >= 15 is 0 Å². The van der Waals surface area contributed by atoms with Crippen molar-refractivity contribution < 1.29 is 10.4 Å². The van der Waals surface area contributed by atoms with Crippen molar-refractivity contribution in [2.75, 3.05) is 27.2 Å². The smallest absolute Gasteiger partial charge is 0.0548 e. The summed E-state index contributed by atoms with van der Waals surface area (Å²) >= 11 is 0. The molecule has 9 heavy (non-hydrogen) atoms. The van der Waals surface area contributed by atoms with Crippen LogP contribution in [-0.2, 0) is 0 Å². The highest BCUT2D eigenvalue weighted by Gasteiger charge is 1.95. The van der Waals surface area contributed by atoms with Gasteiger partial charge >= 0.3 is 0 Å². The Morgan fingerprint density at radius 1 is 1.33 bits per heavy atom. The van der Waals surface area contributed by atoms with Crippen LogP contribution in [0.15, 0.2) is 0 Å². The summed E-state index contributed by atoms with van der Waals surface area (Å²) in [5, 5.41) is 17.2. The summed E-state index contributed by atoms with van der Waals surface area (Å²) in [5.41, 5.74) is 1.58. The van der Waals surface area contributed by atoms with Gasteiger partial charge in [0.05, 0.1) is 6.54 Å². The van der Waals surface area contributed by atoms with Crippen molar-refractivity contribution in [3.63, 3.8) is 0 Å². The maximum atomic E-state index is 8.55. The third kappa shape index (κ3) is 5.67. The van der Waals surface area contributed by atoms with E-state index in [0.717, 1.165) is 0 Å². The lowest BCUT2D eigenvalue weighted by molar-refractivity contribution is -0.216. The predicted molar refractivity (Wildman–Crippen MR) is 32.0 cm³/mol. The van der Waals surface area contributed by atoms with Gasteiger partial charge < -0.3 is 4.90 Å². The van der Waals surface area contributed by atoms with Crippen LogP contribution in [0.3, 0.4) is 0 Å². The number of hydrogen-bond donors (Lipinski definition) is 3. The first-order chi connectivity index (χ1) is 4.16. The van der Waals surface area contributed by atoms with Gasteiger partial charge in [0.25, 0.3) is 0 Å². The predicted octanol–water partition coefficient (Wildman–Crippen LogP) is -0.867. The molecule has 0 bridgehead atoms. The number of nitrogens with one attached hydrogen (secondary N) is 1. The van der Waals surface area contributed by atoms with Crippen LogP contribution < -0.4 is 5.59 Å². The molecule has 0 spiro atoms. The van der Waals surface area contributed by atoms with Crippen LogP contribution in [0.1, 0.15) is 0 Å². The number of hydrogen-bond acceptors (Lipinski definition) is 5. The van der Waals surface area contributed by atoms with E-state index in [9.17, 15) is 0 Å². The highest BCUT2D eigenvalue weighted by atomic mass is 16.7. The Labute approximate surface area is 54.4 Å². The Bertz CT molecular complexity index is 68.8. The van der Waals surface area contributed by atoms with E-state index in [1.54, 1.807) is 5.59 Å². The summed E-state index contributed by atoms with van der Waals surface area (Å²) in [4.78, 5) is 1.89. The second kappa shape index (κ2) is 4.66. The summed E-state index contributed by atoms with van der Waals surface area (Å²) in [7, 11) is 3.76. The highest BCUT2D eigenvalue weighted by Crippen LogP contribution is 1.75. The molecule has 0 heterocycles. The van der Waals surface area contributed by atoms with E-state index in [0.29, 0.717) is 18.3 Å². The maximum Gasteiger partial charge on any atom is 0.0548 e. The second-order valence-corrected chi connectivity index (χ2v) is 2.03. The van der Waals surface area contributed by atoms with Gasteiger partial charge in [-0.1, -0.05) is 0 Å². The van der Waals surface area contributed by atoms with Crippen LogP contribution in [0.5, 0.6) is 0 Å². The van der Waals surface area contributed by atoms with Crippen molar-refractivity contribution in [2.45, 2.75) is 0 Å². The molecule has 0 aromatic carbocycles. The molecule has 0 fully saturated rings. The Morgan fingerprint density at radius 2 is 1.89 bits per heavy atom. The van der Waals surface area contributed by atoms with Gasteiger partial charge in [-0.25, -0.2) is 0 Å². The van der Waals surface area contributed by atoms with E-state index in [2.05, 4.69) is 0 Å². The zero-order chi connectivity index (χ0) is 7.28. The van der Waals surface area contributed by atoms with Crippen molar-refractivity contribution in [3.8, 4) is 0 Å². The molecule has 5 heteroatoms. The Kier molecular flexibility index (Phi) is 4.55. The van der Waals surface area contributed by atoms with Crippen LogP contribution in [0, 0.1) is 0 Å². The lowest BCUT2D eigenvalue weighted by Gasteiger charge is -2.14. The summed E-state index contributed by atoms with van der Waals surface area (Å²) in [5.74, 6) is 0. The first kappa shape index (κ1) is 8.80. The maximum absolute atomic E-state index is 8.55. The van der Waals surface area contributed by atoms with Gasteiger partial charge in [0, 0.05) is 6.54 Å². The van der Waals surface area contributed by atoms with E-state index in [1.807, 2.05) is 19.0 Å². The monoisotopic (exact) mass is 135 g/mol. The molecule has 0 amide bonds. The number of rotatable bonds is 4. The van der Waals surface area contributed by atoms with Crippen molar-refractivity contribution >= 4 is 0 Å². The van der Waals surface area contributed by atoms with Crippen LogP contribution >= 0.6 is 0 Å². The molecule has 0 aliphatic rings. The fourth-order valence-corrected chi connectivity index (χ4v) is 0.345. The summed E-state index contributed by atoms with van der Waals surface area (Å²) in [6.45, 7) is 1.05. The van der Waals surface area contributed by atoms with Gasteiger partial charge in [0.15, 0.2) is 0 Å². The number of hydrazine groups is 1. The van der Waals surface area contributed by atoms with E-state index in [4.69, 9.17) is 10.4 Å². The van der Waals surface area contributed by atoms with Crippen molar-refractivity contribution in [2.24, 2.45) is 0 Å². The Balaban J connectivity index is 3.06. The van der Waals surface area contributed by atoms with Crippen molar-refractivity contribution in [3.05, 3.63) is 0 Å². The van der Waals surface area contributed by atoms with Crippen LogP contribution in [-0.4, -0.2) is 47.7 Å². The molecule has 0 radical (unpaired) electrons. The summed E-state index contributed by atoms with van der Waals surface area (Å²) in [6, 6.07) is 0. The second-order valence-electron chi connectivity index (χ2n) is 2.03. The van der Waals surface area contributed by atoms with Crippen LogP contribution in [0.25, 0.3) is 0 Å². The minimum atomic E-state index is 0.365. The molecule has 5 nitrogen and oxygen atoms in total. The molecule has 0 unspecified atom stereocenters. The van der Waals surface area contributed by atoms with Gasteiger partial charge in [0.1, 0.15) is 0 Å². The zero-order valence-corrected chi connectivity index (χ0v) is 5.70. The fourth-order valence-electron chi connectivity index (χ4n) is 0.345. The average Bonchev–Trinajstić information content (AvgIpc) is 1.83. The molecule has 0 atom stereocenters. The minimum Gasteiger partial charge on any atom is -0.308 e. The molecular formula is C4H13N3O2. The van der Waals surface area contributed by atoms with E-state index in [-0.39, 0.29) is 0 Å². The molecule has 0 aliphatic carbocycles. The van der Waals surface area contributed by atoms with Crippen LogP contribution in [0.4, 0.5) is 0 Å². The largest absolute Gasteiger partial charge is 0.308 e. The molecular weight excluding hydrogens is 122 g/mol. The number of hydroxylamine groups is 1. The van der Waals surface area contributed by atoms with Gasteiger partial charge in [-0.2, -0.15) is 0 Å². The third-order valence-corrected chi connectivity index (χ3v) is 0.874. The van der Waals surface area contributed by atoms with Crippen molar-refractivity contribution in [1.29, 1.82) is 0 Å². The van der Waals surface area contributed by atoms with Crippen LogP contribution in [0.2, 0.25) is 0 Å². The molecule has 3 N–H and O–H groups in total.